The van der Waals surface area contributed by atoms with Crippen molar-refractivity contribution in [3.8, 4) is 0 Å². The van der Waals surface area contributed by atoms with Gasteiger partial charge in [0.2, 0.25) is 6.10 Å². The summed E-state index contributed by atoms with van der Waals surface area (Å²) in [6, 6.07) is 6.36. The van der Waals surface area contributed by atoms with Gasteiger partial charge in [0.05, 0.1) is 20.1 Å². The molecule has 0 heterocycles. The SMILES string of the molecule is CCOC(=O)NCCC(=O)OC(C(=O)OC)c1cccc(Cl)c1. The Morgan fingerprint density at radius 3 is 2.65 bits per heavy atom. The molecule has 0 spiro atoms. The molecular weight excluding hydrogens is 326 g/mol. The molecule has 0 aliphatic carbocycles. The first kappa shape index (κ1) is 18.8. The maximum atomic E-state index is 11.8. The lowest BCUT2D eigenvalue weighted by atomic mass is 10.1. The molecule has 1 atom stereocenters. The van der Waals surface area contributed by atoms with E-state index in [1.165, 1.54) is 13.2 Å². The number of ether oxygens (including phenoxy) is 3. The van der Waals surface area contributed by atoms with Crippen molar-refractivity contribution in [2.45, 2.75) is 19.4 Å². The summed E-state index contributed by atoms with van der Waals surface area (Å²) < 4.78 is 14.4. The first-order valence-electron chi connectivity index (χ1n) is 6.91. The molecule has 0 fully saturated rings. The van der Waals surface area contributed by atoms with E-state index in [4.69, 9.17) is 16.3 Å². The minimum absolute atomic E-state index is 0.0289. The van der Waals surface area contributed by atoms with Crippen molar-refractivity contribution in [3.05, 3.63) is 34.9 Å². The van der Waals surface area contributed by atoms with Crippen molar-refractivity contribution >= 4 is 29.6 Å². The molecule has 0 aromatic heterocycles. The maximum absolute atomic E-state index is 11.8. The highest BCUT2D eigenvalue weighted by Gasteiger charge is 2.26. The van der Waals surface area contributed by atoms with Crippen LogP contribution in [0.3, 0.4) is 0 Å². The molecule has 1 rings (SSSR count). The second kappa shape index (κ2) is 9.68. The van der Waals surface area contributed by atoms with Gasteiger partial charge < -0.3 is 19.5 Å². The molecule has 1 aromatic rings. The van der Waals surface area contributed by atoms with E-state index < -0.39 is 24.1 Å². The van der Waals surface area contributed by atoms with Gasteiger partial charge in [0.25, 0.3) is 0 Å². The molecule has 8 heteroatoms. The van der Waals surface area contributed by atoms with Gasteiger partial charge in [-0.3, -0.25) is 4.79 Å². The fourth-order valence-electron chi connectivity index (χ4n) is 1.67. The number of carbonyl (C=O) groups excluding carboxylic acids is 3. The number of rotatable bonds is 7. The molecule has 7 nitrogen and oxygen atoms in total. The highest BCUT2D eigenvalue weighted by atomic mass is 35.5. The van der Waals surface area contributed by atoms with E-state index in [0.717, 1.165) is 0 Å². The number of amides is 1. The molecule has 0 saturated heterocycles. The number of benzene rings is 1. The smallest absolute Gasteiger partial charge is 0.407 e. The fourth-order valence-corrected chi connectivity index (χ4v) is 1.87. The van der Waals surface area contributed by atoms with Crippen LogP contribution in [0.1, 0.15) is 25.0 Å². The number of nitrogens with one attached hydrogen (secondary N) is 1. The minimum Gasteiger partial charge on any atom is -0.466 e. The lowest BCUT2D eigenvalue weighted by molar-refractivity contribution is -0.166. The van der Waals surface area contributed by atoms with Crippen LogP contribution in [-0.4, -0.2) is 38.3 Å². The molecule has 1 amide bonds. The average molecular weight is 344 g/mol. The Balaban J connectivity index is 2.62. The van der Waals surface area contributed by atoms with Gasteiger partial charge in [0.15, 0.2) is 0 Å². The van der Waals surface area contributed by atoms with Gasteiger partial charge >= 0.3 is 18.0 Å². The summed E-state index contributed by atoms with van der Waals surface area (Å²) in [4.78, 5) is 34.7. The topological polar surface area (TPSA) is 90.9 Å². The standard InChI is InChI=1S/C15H18ClNO6/c1-3-22-15(20)17-8-7-12(18)23-13(14(19)21-2)10-5-4-6-11(16)9-10/h4-6,9,13H,3,7-8H2,1-2H3,(H,17,20). The zero-order valence-electron chi connectivity index (χ0n) is 12.8. The third-order valence-corrected chi connectivity index (χ3v) is 2.92. The Hall–Kier alpha value is -2.28. The van der Waals surface area contributed by atoms with Gasteiger partial charge in [-0.15, -0.1) is 0 Å². The first-order chi connectivity index (χ1) is 11.0. The molecule has 1 unspecified atom stereocenters. The van der Waals surface area contributed by atoms with Crippen molar-refractivity contribution in [1.29, 1.82) is 0 Å². The number of halogens is 1. The third-order valence-electron chi connectivity index (χ3n) is 2.69. The molecule has 1 N–H and O–H groups in total. The fraction of sp³-hybridized carbons (Fsp3) is 0.400. The second-order valence-corrected chi connectivity index (χ2v) is 4.78. The Labute approximate surface area is 138 Å². The number of alkyl carbamates (subject to hydrolysis) is 1. The van der Waals surface area contributed by atoms with Crippen molar-refractivity contribution in [3.63, 3.8) is 0 Å². The number of hydrogen-bond acceptors (Lipinski definition) is 6. The third kappa shape index (κ3) is 6.56. The van der Waals surface area contributed by atoms with Gasteiger partial charge in [0.1, 0.15) is 0 Å². The average Bonchev–Trinajstić information content (AvgIpc) is 2.52. The number of hydrogen-bond donors (Lipinski definition) is 1. The van der Waals surface area contributed by atoms with Gasteiger partial charge in [-0.2, -0.15) is 0 Å². The van der Waals surface area contributed by atoms with Crippen LogP contribution in [0.2, 0.25) is 5.02 Å². The van der Waals surface area contributed by atoms with Crippen LogP contribution >= 0.6 is 11.6 Å². The summed E-state index contributed by atoms with van der Waals surface area (Å²) >= 11 is 5.87. The van der Waals surface area contributed by atoms with Crippen LogP contribution < -0.4 is 5.32 Å². The summed E-state index contributed by atoms with van der Waals surface area (Å²) in [6.07, 6.45) is -1.96. The quantitative estimate of drug-likeness (QED) is 0.603. The molecular formula is C15H18ClNO6. The molecule has 0 radical (unpaired) electrons. The Bertz CT molecular complexity index is 563. The summed E-state index contributed by atoms with van der Waals surface area (Å²) in [5.41, 5.74) is 0.399. The van der Waals surface area contributed by atoms with E-state index in [2.05, 4.69) is 14.8 Å². The minimum atomic E-state index is -1.21. The molecule has 1 aromatic carbocycles. The number of esters is 2. The van der Waals surface area contributed by atoms with Crippen molar-refractivity contribution in [1.82, 2.24) is 5.32 Å². The van der Waals surface area contributed by atoms with E-state index >= 15 is 0 Å². The zero-order chi connectivity index (χ0) is 17.2. The Morgan fingerprint density at radius 1 is 1.30 bits per heavy atom. The van der Waals surface area contributed by atoms with Crippen LogP contribution in [0, 0.1) is 0 Å². The molecule has 23 heavy (non-hydrogen) atoms. The van der Waals surface area contributed by atoms with Gasteiger partial charge in [-0.1, -0.05) is 23.7 Å². The summed E-state index contributed by atoms with van der Waals surface area (Å²) in [5, 5.41) is 2.78. The summed E-state index contributed by atoms with van der Waals surface area (Å²) in [7, 11) is 1.19. The van der Waals surface area contributed by atoms with E-state index in [0.29, 0.717) is 10.6 Å². The normalized spacial score (nSPS) is 11.3. The second-order valence-electron chi connectivity index (χ2n) is 4.35. The van der Waals surface area contributed by atoms with Crippen LogP contribution in [-0.2, 0) is 23.8 Å². The highest BCUT2D eigenvalue weighted by molar-refractivity contribution is 6.30. The highest BCUT2D eigenvalue weighted by Crippen LogP contribution is 2.22. The predicted molar refractivity (Wildman–Crippen MR) is 81.9 cm³/mol. The van der Waals surface area contributed by atoms with Crippen molar-refractivity contribution in [2.24, 2.45) is 0 Å². The zero-order valence-corrected chi connectivity index (χ0v) is 13.6. The Morgan fingerprint density at radius 2 is 2.04 bits per heavy atom. The van der Waals surface area contributed by atoms with Crippen LogP contribution in [0.4, 0.5) is 4.79 Å². The van der Waals surface area contributed by atoms with Crippen molar-refractivity contribution in [2.75, 3.05) is 20.3 Å². The van der Waals surface area contributed by atoms with Gasteiger partial charge in [0, 0.05) is 17.1 Å². The lowest BCUT2D eigenvalue weighted by Gasteiger charge is -2.16. The largest absolute Gasteiger partial charge is 0.466 e. The summed E-state index contributed by atoms with van der Waals surface area (Å²) in [5.74, 6) is -1.39. The Kier molecular flexibility index (Phi) is 7.90. The lowest BCUT2D eigenvalue weighted by Crippen LogP contribution is -2.28. The molecule has 0 aliphatic heterocycles. The molecule has 126 valence electrons. The number of methoxy groups -OCH3 is 1. The molecule has 0 bridgehead atoms. The van der Waals surface area contributed by atoms with E-state index in [1.807, 2.05) is 0 Å². The maximum Gasteiger partial charge on any atom is 0.407 e. The van der Waals surface area contributed by atoms with E-state index in [9.17, 15) is 14.4 Å². The van der Waals surface area contributed by atoms with Crippen molar-refractivity contribution < 1.29 is 28.6 Å². The number of carbonyl (C=O) groups is 3. The van der Waals surface area contributed by atoms with Crippen LogP contribution in [0.5, 0.6) is 0 Å². The van der Waals surface area contributed by atoms with Gasteiger partial charge in [-0.05, 0) is 19.1 Å². The molecule has 0 saturated carbocycles. The monoisotopic (exact) mass is 343 g/mol. The molecule has 0 aliphatic rings. The van der Waals surface area contributed by atoms with E-state index in [1.54, 1.807) is 25.1 Å². The summed E-state index contributed by atoms with van der Waals surface area (Å²) in [6.45, 7) is 1.93. The first-order valence-corrected chi connectivity index (χ1v) is 7.29. The van der Waals surface area contributed by atoms with Crippen LogP contribution in [0.25, 0.3) is 0 Å². The predicted octanol–water partition coefficient (Wildman–Crippen LogP) is 2.23. The van der Waals surface area contributed by atoms with Crippen LogP contribution in [0.15, 0.2) is 24.3 Å². The van der Waals surface area contributed by atoms with Gasteiger partial charge in [-0.25, -0.2) is 9.59 Å². The van der Waals surface area contributed by atoms with E-state index in [-0.39, 0.29) is 19.6 Å².